The standard InChI is InChI=1S/C21H24N4O4/c1-20(2)28-16-19(25-10-9-14-17(22)23-12-24-18(14)25)27-15(21(16,3)29-20)11-26-13-7-5-4-6-8-13/h4-10,12,15-16,19H,11H2,1-3H3,(H2,22,23,24)/t15-,16+,19-,21-/m1/s1. The predicted molar refractivity (Wildman–Crippen MR) is 106 cm³/mol. The van der Waals surface area contributed by atoms with Crippen LogP contribution < -0.4 is 10.5 Å². The number of hydrogen-bond donors (Lipinski definition) is 1. The van der Waals surface area contributed by atoms with E-state index in [0.29, 0.717) is 18.1 Å². The number of fused-ring (bicyclic) bond motifs is 2. The van der Waals surface area contributed by atoms with E-state index in [1.165, 1.54) is 6.33 Å². The van der Waals surface area contributed by atoms with Gasteiger partial charge >= 0.3 is 0 Å². The summed E-state index contributed by atoms with van der Waals surface area (Å²) in [7, 11) is 0. The Kier molecular flexibility index (Phi) is 4.06. The molecule has 0 bridgehead atoms. The largest absolute Gasteiger partial charge is 0.491 e. The molecular formula is C21H24N4O4. The van der Waals surface area contributed by atoms with Crippen LogP contribution in [0.25, 0.3) is 11.0 Å². The van der Waals surface area contributed by atoms with Crippen molar-refractivity contribution in [1.29, 1.82) is 0 Å². The molecule has 2 fully saturated rings. The van der Waals surface area contributed by atoms with Gasteiger partial charge in [-0.15, -0.1) is 0 Å². The number of anilines is 1. The molecule has 2 aromatic heterocycles. The van der Waals surface area contributed by atoms with E-state index in [-0.39, 0.29) is 12.2 Å². The number of nitrogens with two attached hydrogens (primary N) is 1. The number of para-hydroxylation sites is 1. The van der Waals surface area contributed by atoms with Gasteiger partial charge in [0.1, 0.15) is 48.0 Å². The molecule has 0 spiro atoms. The van der Waals surface area contributed by atoms with E-state index in [1.807, 2.05) is 67.9 Å². The minimum Gasteiger partial charge on any atom is -0.491 e. The molecule has 8 nitrogen and oxygen atoms in total. The number of nitrogen functional groups attached to an aromatic ring is 1. The second kappa shape index (κ2) is 6.41. The highest BCUT2D eigenvalue weighted by Gasteiger charge is 2.64. The third kappa shape index (κ3) is 2.95. The van der Waals surface area contributed by atoms with Gasteiger partial charge in [-0.3, -0.25) is 0 Å². The van der Waals surface area contributed by atoms with Crippen LogP contribution in [0.2, 0.25) is 0 Å². The SMILES string of the molecule is CC1(C)O[C@H]2[C@H](n3ccc4c(N)ncnc43)O[C@H](COc3ccccc3)[C@@]2(C)O1. The first kappa shape index (κ1) is 18.4. The topological polar surface area (TPSA) is 93.7 Å². The maximum atomic E-state index is 6.43. The molecule has 0 radical (unpaired) electrons. The van der Waals surface area contributed by atoms with E-state index >= 15 is 0 Å². The lowest BCUT2D eigenvalue weighted by molar-refractivity contribution is -0.213. The Morgan fingerprint density at radius 2 is 1.93 bits per heavy atom. The summed E-state index contributed by atoms with van der Waals surface area (Å²) in [5, 5.41) is 0.778. The zero-order chi connectivity index (χ0) is 20.2. The number of nitrogens with zero attached hydrogens (tertiary/aromatic N) is 3. The van der Waals surface area contributed by atoms with E-state index in [4.69, 9.17) is 24.7 Å². The molecule has 8 heteroatoms. The van der Waals surface area contributed by atoms with E-state index in [1.54, 1.807) is 0 Å². The molecule has 2 N–H and O–H groups in total. The van der Waals surface area contributed by atoms with Crippen LogP contribution in [0.15, 0.2) is 48.9 Å². The third-order valence-corrected chi connectivity index (χ3v) is 5.60. The van der Waals surface area contributed by atoms with Crippen molar-refractivity contribution in [2.75, 3.05) is 12.3 Å². The fourth-order valence-corrected chi connectivity index (χ4v) is 4.30. The average Bonchev–Trinajstić information content (AvgIpc) is 3.29. The molecule has 0 unspecified atom stereocenters. The summed E-state index contributed by atoms with van der Waals surface area (Å²) < 4.78 is 27.0. The zero-order valence-corrected chi connectivity index (χ0v) is 16.6. The predicted octanol–water partition coefficient (Wildman–Crippen LogP) is 2.90. The molecule has 4 heterocycles. The number of benzene rings is 1. The van der Waals surface area contributed by atoms with Gasteiger partial charge in [-0.1, -0.05) is 18.2 Å². The van der Waals surface area contributed by atoms with Gasteiger partial charge in [0.15, 0.2) is 12.0 Å². The molecular weight excluding hydrogens is 372 g/mol. The zero-order valence-electron chi connectivity index (χ0n) is 16.6. The van der Waals surface area contributed by atoms with E-state index in [2.05, 4.69) is 9.97 Å². The summed E-state index contributed by atoms with van der Waals surface area (Å²) in [6.07, 6.45) is 2.24. The molecule has 2 aliphatic heterocycles. The van der Waals surface area contributed by atoms with Gasteiger partial charge in [0.25, 0.3) is 0 Å². The molecule has 0 amide bonds. The van der Waals surface area contributed by atoms with E-state index in [0.717, 1.165) is 11.1 Å². The monoisotopic (exact) mass is 396 g/mol. The van der Waals surface area contributed by atoms with Crippen molar-refractivity contribution in [3.63, 3.8) is 0 Å². The highest BCUT2D eigenvalue weighted by Crippen LogP contribution is 2.50. The lowest BCUT2D eigenvalue weighted by Crippen LogP contribution is -2.46. The van der Waals surface area contributed by atoms with Crippen molar-refractivity contribution < 1.29 is 18.9 Å². The first-order valence-electron chi connectivity index (χ1n) is 9.66. The van der Waals surface area contributed by atoms with Crippen molar-refractivity contribution >= 4 is 16.9 Å². The van der Waals surface area contributed by atoms with Crippen LogP contribution in [0.1, 0.15) is 27.0 Å². The van der Waals surface area contributed by atoms with Gasteiger partial charge in [0, 0.05) is 6.20 Å². The maximum absolute atomic E-state index is 6.43. The minimum absolute atomic E-state index is 0.337. The van der Waals surface area contributed by atoms with Gasteiger partial charge < -0.3 is 29.2 Å². The summed E-state index contributed by atoms with van der Waals surface area (Å²) in [5.74, 6) is 0.482. The summed E-state index contributed by atoms with van der Waals surface area (Å²) in [5.41, 5.74) is 6.02. The number of hydrogen-bond acceptors (Lipinski definition) is 7. The summed E-state index contributed by atoms with van der Waals surface area (Å²) in [6, 6.07) is 11.6. The fraction of sp³-hybridized carbons (Fsp3) is 0.429. The molecule has 3 aromatic rings. The molecule has 0 saturated carbocycles. The number of rotatable bonds is 4. The van der Waals surface area contributed by atoms with E-state index in [9.17, 15) is 0 Å². The van der Waals surface area contributed by atoms with Gasteiger partial charge in [-0.05, 0) is 39.0 Å². The van der Waals surface area contributed by atoms with Gasteiger partial charge in [-0.25, -0.2) is 9.97 Å². The van der Waals surface area contributed by atoms with Crippen molar-refractivity contribution in [2.45, 2.75) is 50.6 Å². The Morgan fingerprint density at radius 3 is 2.72 bits per heavy atom. The van der Waals surface area contributed by atoms with E-state index < -0.39 is 17.6 Å². The van der Waals surface area contributed by atoms with Crippen LogP contribution in [0.4, 0.5) is 5.82 Å². The Bertz CT molecular complexity index is 1040. The van der Waals surface area contributed by atoms with Gasteiger partial charge in [-0.2, -0.15) is 0 Å². The second-order valence-corrected chi connectivity index (χ2v) is 8.08. The molecule has 0 aliphatic carbocycles. The van der Waals surface area contributed by atoms with Crippen LogP contribution in [0.5, 0.6) is 5.75 Å². The van der Waals surface area contributed by atoms with Gasteiger partial charge in [0.2, 0.25) is 0 Å². The van der Waals surface area contributed by atoms with Crippen molar-refractivity contribution in [2.24, 2.45) is 0 Å². The average molecular weight is 396 g/mol. The first-order chi connectivity index (χ1) is 13.9. The minimum atomic E-state index is -0.733. The summed E-state index contributed by atoms with van der Waals surface area (Å²) in [4.78, 5) is 8.47. The molecule has 152 valence electrons. The fourth-order valence-electron chi connectivity index (χ4n) is 4.30. The third-order valence-electron chi connectivity index (χ3n) is 5.60. The van der Waals surface area contributed by atoms with Crippen LogP contribution in [-0.2, 0) is 14.2 Å². The Morgan fingerprint density at radius 1 is 1.14 bits per heavy atom. The molecule has 1 aromatic carbocycles. The Labute approximate surface area is 168 Å². The lowest BCUT2D eigenvalue weighted by Gasteiger charge is -2.29. The molecule has 2 saturated heterocycles. The summed E-state index contributed by atoms with van der Waals surface area (Å²) in [6.45, 7) is 6.18. The highest BCUT2D eigenvalue weighted by atomic mass is 16.8. The maximum Gasteiger partial charge on any atom is 0.165 e. The van der Waals surface area contributed by atoms with Crippen LogP contribution in [0.3, 0.4) is 0 Å². The quantitative estimate of drug-likeness (QED) is 0.725. The molecule has 2 aliphatic rings. The molecule has 5 rings (SSSR count). The molecule has 4 atom stereocenters. The Balaban J connectivity index is 1.49. The smallest absolute Gasteiger partial charge is 0.165 e. The lowest BCUT2D eigenvalue weighted by atomic mass is 9.95. The normalized spacial score (nSPS) is 30.5. The molecule has 29 heavy (non-hydrogen) atoms. The van der Waals surface area contributed by atoms with Crippen LogP contribution in [-0.4, -0.2) is 44.7 Å². The second-order valence-electron chi connectivity index (χ2n) is 8.08. The van der Waals surface area contributed by atoms with Gasteiger partial charge in [0.05, 0.1) is 5.39 Å². The first-order valence-corrected chi connectivity index (χ1v) is 9.66. The van der Waals surface area contributed by atoms with Crippen LogP contribution >= 0.6 is 0 Å². The van der Waals surface area contributed by atoms with Crippen molar-refractivity contribution in [1.82, 2.24) is 14.5 Å². The Hall–Kier alpha value is -2.68. The highest BCUT2D eigenvalue weighted by molar-refractivity contribution is 5.86. The van der Waals surface area contributed by atoms with Crippen molar-refractivity contribution in [3.8, 4) is 5.75 Å². The van der Waals surface area contributed by atoms with Crippen LogP contribution in [0, 0.1) is 0 Å². The summed E-state index contributed by atoms with van der Waals surface area (Å²) >= 11 is 0. The van der Waals surface area contributed by atoms with Crippen molar-refractivity contribution in [3.05, 3.63) is 48.9 Å². The number of aromatic nitrogens is 3. The number of ether oxygens (including phenoxy) is 4.